The van der Waals surface area contributed by atoms with Crippen molar-refractivity contribution in [2.24, 2.45) is 11.8 Å². The first-order valence-electron chi connectivity index (χ1n) is 8.08. The molecule has 0 amide bonds. The van der Waals surface area contributed by atoms with Crippen molar-refractivity contribution in [3.8, 4) is 0 Å². The van der Waals surface area contributed by atoms with Crippen LogP contribution in [0.2, 0.25) is 0 Å². The molecule has 1 aliphatic rings. The van der Waals surface area contributed by atoms with Crippen molar-refractivity contribution in [3.63, 3.8) is 0 Å². The molecule has 1 saturated heterocycles. The van der Waals surface area contributed by atoms with Crippen LogP contribution in [-0.2, 0) is 0 Å². The molecular formula is C16H34N2. The van der Waals surface area contributed by atoms with E-state index in [1.807, 2.05) is 0 Å². The zero-order valence-corrected chi connectivity index (χ0v) is 13.0. The lowest BCUT2D eigenvalue weighted by atomic mass is 10.0. The van der Waals surface area contributed by atoms with Crippen LogP contribution in [0.15, 0.2) is 0 Å². The predicted octanol–water partition coefficient (Wildman–Crippen LogP) is 3.52. The summed E-state index contributed by atoms with van der Waals surface area (Å²) in [6.45, 7) is 14.3. The molecule has 0 spiro atoms. The van der Waals surface area contributed by atoms with Crippen LogP contribution in [0.4, 0.5) is 0 Å². The van der Waals surface area contributed by atoms with Gasteiger partial charge in [0.2, 0.25) is 0 Å². The summed E-state index contributed by atoms with van der Waals surface area (Å²) in [5.41, 5.74) is 0. The van der Waals surface area contributed by atoms with E-state index in [4.69, 9.17) is 0 Å². The largest absolute Gasteiger partial charge is 0.315 e. The first kappa shape index (κ1) is 16.0. The normalized spacial score (nSPS) is 24.2. The van der Waals surface area contributed by atoms with Gasteiger partial charge in [0.1, 0.15) is 0 Å². The lowest BCUT2D eigenvalue weighted by molar-refractivity contribution is 0.185. The van der Waals surface area contributed by atoms with Gasteiger partial charge in [-0.1, -0.05) is 34.1 Å². The van der Waals surface area contributed by atoms with Crippen molar-refractivity contribution in [2.75, 3.05) is 26.2 Å². The molecule has 2 atom stereocenters. The van der Waals surface area contributed by atoms with Gasteiger partial charge in [0, 0.05) is 12.6 Å². The van der Waals surface area contributed by atoms with E-state index in [2.05, 4.69) is 37.9 Å². The molecule has 1 heterocycles. The van der Waals surface area contributed by atoms with Crippen LogP contribution < -0.4 is 5.32 Å². The van der Waals surface area contributed by atoms with Gasteiger partial charge in [0.05, 0.1) is 0 Å². The summed E-state index contributed by atoms with van der Waals surface area (Å²) in [4.78, 5) is 2.75. The molecule has 0 aromatic carbocycles. The van der Waals surface area contributed by atoms with Crippen LogP contribution in [0, 0.1) is 11.8 Å². The summed E-state index contributed by atoms with van der Waals surface area (Å²) >= 11 is 0. The standard InChI is InChI=1S/C16H34N2/c1-5-7-16(13-17-12-14(2)3)18-10-6-8-15(4)9-11-18/h14-17H,5-13H2,1-4H3. The Kier molecular flexibility index (Phi) is 7.92. The molecule has 18 heavy (non-hydrogen) atoms. The fraction of sp³-hybridized carbons (Fsp3) is 1.00. The van der Waals surface area contributed by atoms with Gasteiger partial charge in [-0.3, -0.25) is 4.90 Å². The van der Waals surface area contributed by atoms with Crippen molar-refractivity contribution in [3.05, 3.63) is 0 Å². The maximum absolute atomic E-state index is 3.66. The van der Waals surface area contributed by atoms with Gasteiger partial charge in [-0.15, -0.1) is 0 Å². The van der Waals surface area contributed by atoms with E-state index in [0.29, 0.717) is 0 Å². The van der Waals surface area contributed by atoms with Crippen molar-refractivity contribution < 1.29 is 0 Å². The van der Waals surface area contributed by atoms with Gasteiger partial charge in [-0.2, -0.15) is 0 Å². The maximum Gasteiger partial charge on any atom is 0.0220 e. The van der Waals surface area contributed by atoms with Crippen molar-refractivity contribution in [2.45, 2.75) is 65.8 Å². The first-order chi connectivity index (χ1) is 8.63. The van der Waals surface area contributed by atoms with E-state index in [1.54, 1.807) is 0 Å². The number of hydrogen-bond donors (Lipinski definition) is 1. The summed E-state index contributed by atoms with van der Waals surface area (Å²) in [5.74, 6) is 1.69. The molecule has 1 aliphatic heterocycles. The van der Waals surface area contributed by atoms with E-state index < -0.39 is 0 Å². The highest BCUT2D eigenvalue weighted by molar-refractivity contribution is 4.77. The molecule has 108 valence electrons. The molecule has 2 nitrogen and oxygen atoms in total. The molecular weight excluding hydrogens is 220 g/mol. The lowest BCUT2D eigenvalue weighted by Gasteiger charge is -2.31. The Morgan fingerprint density at radius 1 is 1.17 bits per heavy atom. The van der Waals surface area contributed by atoms with Crippen molar-refractivity contribution in [1.29, 1.82) is 0 Å². The second-order valence-electron chi connectivity index (χ2n) is 6.57. The zero-order valence-electron chi connectivity index (χ0n) is 13.0. The van der Waals surface area contributed by atoms with Gasteiger partial charge in [-0.05, 0) is 57.2 Å². The number of rotatable bonds is 7. The molecule has 0 aliphatic carbocycles. The quantitative estimate of drug-likeness (QED) is 0.748. The molecule has 0 aromatic rings. The van der Waals surface area contributed by atoms with Crippen LogP contribution in [-0.4, -0.2) is 37.1 Å². The Morgan fingerprint density at radius 2 is 1.94 bits per heavy atom. The molecule has 1 fully saturated rings. The van der Waals surface area contributed by atoms with E-state index in [1.165, 1.54) is 51.7 Å². The third kappa shape index (κ3) is 6.19. The molecule has 0 bridgehead atoms. The smallest absolute Gasteiger partial charge is 0.0220 e. The Bertz CT molecular complexity index is 203. The van der Waals surface area contributed by atoms with Gasteiger partial charge < -0.3 is 5.32 Å². The fourth-order valence-electron chi connectivity index (χ4n) is 2.94. The summed E-state index contributed by atoms with van der Waals surface area (Å²) in [7, 11) is 0. The monoisotopic (exact) mass is 254 g/mol. The summed E-state index contributed by atoms with van der Waals surface area (Å²) < 4.78 is 0. The van der Waals surface area contributed by atoms with Gasteiger partial charge >= 0.3 is 0 Å². The Hall–Kier alpha value is -0.0800. The van der Waals surface area contributed by atoms with E-state index >= 15 is 0 Å². The third-order valence-corrected chi connectivity index (χ3v) is 4.12. The number of hydrogen-bond acceptors (Lipinski definition) is 2. The van der Waals surface area contributed by atoms with Crippen molar-refractivity contribution >= 4 is 0 Å². The highest BCUT2D eigenvalue weighted by Crippen LogP contribution is 2.19. The van der Waals surface area contributed by atoms with E-state index in [9.17, 15) is 0 Å². The van der Waals surface area contributed by atoms with Gasteiger partial charge in [0.25, 0.3) is 0 Å². The minimum atomic E-state index is 0.761. The maximum atomic E-state index is 3.66. The summed E-state index contributed by atoms with van der Waals surface area (Å²) in [5, 5.41) is 3.66. The van der Waals surface area contributed by atoms with Crippen LogP contribution in [0.5, 0.6) is 0 Å². The topological polar surface area (TPSA) is 15.3 Å². The molecule has 2 heteroatoms. The Labute approximate surface area is 115 Å². The minimum Gasteiger partial charge on any atom is -0.315 e. The Balaban J connectivity index is 2.38. The average Bonchev–Trinajstić information content (AvgIpc) is 2.52. The predicted molar refractivity (Wildman–Crippen MR) is 81.0 cm³/mol. The third-order valence-electron chi connectivity index (χ3n) is 4.12. The van der Waals surface area contributed by atoms with Crippen LogP contribution >= 0.6 is 0 Å². The molecule has 0 saturated carbocycles. The number of nitrogens with zero attached hydrogens (tertiary/aromatic N) is 1. The molecule has 0 radical (unpaired) electrons. The molecule has 1 N–H and O–H groups in total. The van der Waals surface area contributed by atoms with Crippen LogP contribution in [0.3, 0.4) is 0 Å². The summed E-state index contributed by atoms with van der Waals surface area (Å²) in [6, 6.07) is 0.763. The fourth-order valence-corrected chi connectivity index (χ4v) is 2.94. The SMILES string of the molecule is CCCC(CNCC(C)C)N1CCCC(C)CC1. The van der Waals surface area contributed by atoms with Crippen molar-refractivity contribution in [1.82, 2.24) is 10.2 Å². The van der Waals surface area contributed by atoms with E-state index in [0.717, 1.165) is 24.4 Å². The summed E-state index contributed by atoms with van der Waals surface area (Å²) in [6.07, 6.45) is 6.87. The molecule has 2 unspecified atom stereocenters. The minimum absolute atomic E-state index is 0.761. The molecule has 0 aromatic heterocycles. The number of likely N-dealkylation sites (tertiary alicyclic amines) is 1. The number of nitrogens with one attached hydrogen (secondary N) is 1. The highest BCUT2D eigenvalue weighted by atomic mass is 15.2. The Morgan fingerprint density at radius 3 is 2.61 bits per heavy atom. The van der Waals surface area contributed by atoms with Crippen LogP contribution in [0.1, 0.15) is 59.8 Å². The second-order valence-corrected chi connectivity index (χ2v) is 6.57. The average molecular weight is 254 g/mol. The first-order valence-corrected chi connectivity index (χ1v) is 8.08. The lowest BCUT2D eigenvalue weighted by Crippen LogP contribution is -2.43. The van der Waals surface area contributed by atoms with E-state index in [-0.39, 0.29) is 0 Å². The van der Waals surface area contributed by atoms with Crippen LogP contribution in [0.25, 0.3) is 0 Å². The van der Waals surface area contributed by atoms with Gasteiger partial charge in [-0.25, -0.2) is 0 Å². The highest BCUT2D eigenvalue weighted by Gasteiger charge is 2.20. The molecule has 1 rings (SSSR count). The second kappa shape index (κ2) is 8.92. The zero-order chi connectivity index (χ0) is 13.4. The van der Waals surface area contributed by atoms with Gasteiger partial charge in [0.15, 0.2) is 0 Å².